The van der Waals surface area contributed by atoms with Gasteiger partial charge in [-0.05, 0) is 53.4 Å². The summed E-state index contributed by atoms with van der Waals surface area (Å²) in [5.41, 5.74) is 0.965. The van der Waals surface area contributed by atoms with Gasteiger partial charge in [0.05, 0.1) is 10.5 Å². The highest BCUT2D eigenvalue weighted by Gasteiger charge is 2.26. The molecule has 1 aliphatic carbocycles. The first-order valence-corrected chi connectivity index (χ1v) is 6.96. The van der Waals surface area contributed by atoms with Crippen molar-refractivity contribution in [2.75, 3.05) is 0 Å². The first-order chi connectivity index (χ1) is 9.11. The summed E-state index contributed by atoms with van der Waals surface area (Å²) >= 11 is 3.44. The number of benzene rings is 1. The summed E-state index contributed by atoms with van der Waals surface area (Å²) in [5, 5.41) is 0. The van der Waals surface area contributed by atoms with Gasteiger partial charge in [-0.15, -0.1) is 0 Å². The zero-order valence-corrected chi connectivity index (χ0v) is 12.0. The molecule has 1 fully saturated rings. The Morgan fingerprint density at radius 1 is 1.37 bits per heavy atom. The zero-order chi connectivity index (χ0) is 13.4. The van der Waals surface area contributed by atoms with Gasteiger partial charge >= 0.3 is 0 Å². The van der Waals surface area contributed by atoms with Crippen LogP contribution in [-0.2, 0) is 0 Å². The van der Waals surface area contributed by atoms with Gasteiger partial charge in [0.1, 0.15) is 11.6 Å². The summed E-state index contributed by atoms with van der Waals surface area (Å²) in [6, 6.07) is 7.15. The number of ether oxygens (including phenoxy) is 1. The highest BCUT2D eigenvalue weighted by molar-refractivity contribution is 9.10. The Morgan fingerprint density at radius 3 is 2.84 bits per heavy atom. The fraction of sp³-hybridized carbons (Fsp3) is 0.286. The molecule has 5 heteroatoms. The van der Waals surface area contributed by atoms with Gasteiger partial charge in [0.25, 0.3) is 5.56 Å². The van der Waals surface area contributed by atoms with E-state index < -0.39 is 0 Å². The van der Waals surface area contributed by atoms with E-state index in [-0.39, 0.29) is 5.56 Å². The number of nitrogens with zero attached hydrogens (tertiary/aromatic N) is 1. The highest BCUT2D eigenvalue weighted by Crippen LogP contribution is 2.38. The number of aromatic nitrogens is 2. The quantitative estimate of drug-likeness (QED) is 0.941. The molecule has 0 unspecified atom stereocenters. The topological polar surface area (TPSA) is 55.0 Å². The Morgan fingerprint density at radius 2 is 2.16 bits per heavy atom. The lowest BCUT2D eigenvalue weighted by Gasteiger charge is -2.08. The van der Waals surface area contributed by atoms with Crippen LogP contribution < -0.4 is 10.3 Å². The van der Waals surface area contributed by atoms with Gasteiger partial charge in [0.15, 0.2) is 0 Å². The van der Waals surface area contributed by atoms with Crippen LogP contribution in [0.3, 0.4) is 0 Å². The molecule has 2 aromatic rings. The van der Waals surface area contributed by atoms with Gasteiger partial charge < -0.3 is 9.72 Å². The number of halogens is 1. The molecule has 1 aromatic carbocycles. The molecule has 1 heterocycles. The van der Waals surface area contributed by atoms with Gasteiger partial charge in [-0.1, -0.05) is 6.07 Å². The largest absolute Gasteiger partial charge is 0.438 e. The van der Waals surface area contributed by atoms with Crippen molar-refractivity contribution in [3.63, 3.8) is 0 Å². The van der Waals surface area contributed by atoms with E-state index in [2.05, 4.69) is 25.9 Å². The number of hydrogen-bond acceptors (Lipinski definition) is 3. The normalized spacial score (nSPS) is 14.4. The molecular weight excluding hydrogens is 308 g/mol. The van der Waals surface area contributed by atoms with Crippen LogP contribution in [0.25, 0.3) is 0 Å². The predicted molar refractivity (Wildman–Crippen MR) is 75.8 cm³/mol. The Labute approximate surface area is 119 Å². The Bertz CT molecular complexity index is 677. The average Bonchev–Trinajstić information content (AvgIpc) is 3.16. The second kappa shape index (κ2) is 4.81. The van der Waals surface area contributed by atoms with Crippen LogP contribution in [0.1, 0.15) is 30.1 Å². The molecule has 0 amide bonds. The smallest absolute Gasteiger partial charge is 0.254 e. The van der Waals surface area contributed by atoms with Crippen molar-refractivity contribution in [2.24, 2.45) is 0 Å². The second-order valence-corrected chi connectivity index (χ2v) is 5.63. The van der Waals surface area contributed by atoms with E-state index in [0.717, 1.165) is 28.7 Å². The van der Waals surface area contributed by atoms with Crippen LogP contribution >= 0.6 is 15.9 Å². The molecule has 1 N–H and O–H groups in total. The lowest BCUT2D eigenvalue weighted by molar-refractivity contribution is 0.454. The SMILES string of the molecule is Cc1ccc(Oc2cc(=O)[nH]c(C3CC3)n2)c(Br)c1. The van der Waals surface area contributed by atoms with E-state index in [1.54, 1.807) is 0 Å². The van der Waals surface area contributed by atoms with Gasteiger partial charge in [-0.3, -0.25) is 4.79 Å². The molecule has 0 radical (unpaired) electrons. The van der Waals surface area contributed by atoms with Gasteiger partial charge in [0.2, 0.25) is 5.88 Å². The minimum absolute atomic E-state index is 0.171. The number of aromatic amines is 1. The van der Waals surface area contributed by atoms with E-state index in [0.29, 0.717) is 17.5 Å². The number of H-pyrrole nitrogens is 1. The first kappa shape index (κ1) is 12.4. The van der Waals surface area contributed by atoms with Gasteiger partial charge in [-0.25, -0.2) is 0 Å². The summed E-state index contributed by atoms with van der Waals surface area (Å²) in [4.78, 5) is 18.7. The molecule has 0 spiro atoms. The third kappa shape index (κ3) is 2.87. The number of aryl methyl sites for hydroxylation is 1. The lowest BCUT2D eigenvalue weighted by Crippen LogP contribution is -2.10. The summed E-state index contributed by atoms with van der Waals surface area (Å²) in [6.07, 6.45) is 2.17. The molecule has 0 atom stereocenters. The van der Waals surface area contributed by atoms with Crippen LogP contribution in [0.15, 0.2) is 33.5 Å². The van der Waals surface area contributed by atoms with Crippen LogP contribution in [0, 0.1) is 6.92 Å². The van der Waals surface area contributed by atoms with Crippen LogP contribution in [0.4, 0.5) is 0 Å². The van der Waals surface area contributed by atoms with Crippen molar-refractivity contribution in [1.29, 1.82) is 0 Å². The molecular formula is C14H13BrN2O2. The summed E-state index contributed by atoms with van der Waals surface area (Å²) in [5.74, 6) is 2.11. The molecule has 1 aliphatic rings. The Kier molecular flexibility index (Phi) is 3.14. The first-order valence-electron chi connectivity index (χ1n) is 6.17. The fourth-order valence-corrected chi connectivity index (χ4v) is 2.43. The lowest BCUT2D eigenvalue weighted by atomic mass is 10.2. The predicted octanol–water partition coefficient (Wildman–Crippen LogP) is 3.51. The molecule has 4 nitrogen and oxygen atoms in total. The zero-order valence-electron chi connectivity index (χ0n) is 10.4. The third-order valence-electron chi connectivity index (χ3n) is 3.00. The molecule has 3 rings (SSSR count). The molecule has 98 valence electrons. The minimum atomic E-state index is -0.171. The summed E-state index contributed by atoms with van der Waals surface area (Å²) < 4.78 is 6.54. The molecule has 0 saturated heterocycles. The van der Waals surface area contributed by atoms with Crippen molar-refractivity contribution < 1.29 is 4.74 Å². The number of rotatable bonds is 3. The van der Waals surface area contributed by atoms with Crippen molar-refractivity contribution in [3.05, 3.63) is 50.5 Å². The van der Waals surface area contributed by atoms with Crippen LogP contribution in [0.2, 0.25) is 0 Å². The van der Waals surface area contributed by atoms with E-state index in [1.165, 1.54) is 6.07 Å². The third-order valence-corrected chi connectivity index (χ3v) is 3.62. The molecule has 1 aromatic heterocycles. The van der Waals surface area contributed by atoms with Crippen LogP contribution in [-0.4, -0.2) is 9.97 Å². The molecule has 19 heavy (non-hydrogen) atoms. The van der Waals surface area contributed by atoms with E-state index in [1.807, 2.05) is 25.1 Å². The maximum Gasteiger partial charge on any atom is 0.254 e. The summed E-state index contributed by atoms with van der Waals surface area (Å²) in [6.45, 7) is 2.01. The van der Waals surface area contributed by atoms with Crippen molar-refractivity contribution in [2.45, 2.75) is 25.7 Å². The highest BCUT2D eigenvalue weighted by atomic mass is 79.9. The fourth-order valence-electron chi connectivity index (χ4n) is 1.86. The van der Waals surface area contributed by atoms with E-state index in [4.69, 9.17) is 4.74 Å². The molecule has 0 bridgehead atoms. The monoisotopic (exact) mass is 320 g/mol. The average molecular weight is 321 g/mol. The second-order valence-electron chi connectivity index (χ2n) is 4.78. The standard InChI is InChI=1S/C14H13BrN2O2/c1-8-2-5-11(10(15)6-8)19-13-7-12(18)16-14(17-13)9-3-4-9/h2,5-7,9H,3-4H2,1H3,(H,16,17,18). The van der Waals surface area contributed by atoms with Gasteiger partial charge in [-0.2, -0.15) is 4.98 Å². The molecule has 1 saturated carbocycles. The summed E-state index contributed by atoms with van der Waals surface area (Å²) in [7, 11) is 0. The number of nitrogens with one attached hydrogen (secondary N) is 1. The van der Waals surface area contributed by atoms with Crippen LogP contribution in [0.5, 0.6) is 11.6 Å². The maximum atomic E-state index is 11.6. The number of hydrogen-bond donors (Lipinski definition) is 1. The van der Waals surface area contributed by atoms with Gasteiger partial charge in [0, 0.05) is 5.92 Å². The van der Waals surface area contributed by atoms with Crippen molar-refractivity contribution in [1.82, 2.24) is 9.97 Å². The van der Waals surface area contributed by atoms with Crippen molar-refractivity contribution >= 4 is 15.9 Å². The van der Waals surface area contributed by atoms with Crippen molar-refractivity contribution in [3.8, 4) is 11.6 Å². The van der Waals surface area contributed by atoms with E-state index >= 15 is 0 Å². The maximum absolute atomic E-state index is 11.6. The molecule has 0 aliphatic heterocycles. The van der Waals surface area contributed by atoms with E-state index in [9.17, 15) is 4.79 Å². The Balaban J connectivity index is 1.92. The Hall–Kier alpha value is -1.62. The minimum Gasteiger partial charge on any atom is -0.438 e.